The SMILES string of the molecule is O=C(NCc1cccc(Cn2cncn2)c1)c1csc(-c2cccc(C(F)(F)F)c2)n1. The molecule has 2 heterocycles. The average Bonchev–Trinajstić information content (AvgIpc) is 3.44. The van der Waals surface area contributed by atoms with Crippen LogP contribution in [0, 0.1) is 0 Å². The van der Waals surface area contributed by atoms with Crippen LogP contribution in [-0.2, 0) is 19.3 Å². The van der Waals surface area contributed by atoms with E-state index in [1.165, 1.54) is 23.8 Å². The van der Waals surface area contributed by atoms with Crippen molar-refractivity contribution in [2.24, 2.45) is 0 Å². The number of halogens is 3. The highest BCUT2D eigenvalue weighted by Crippen LogP contribution is 2.33. The van der Waals surface area contributed by atoms with Crippen LogP contribution in [0.4, 0.5) is 13.2 Å². The molecule has 0 aliphatic heterocycles. The average molecular weight is 443 g/mol. The molecule has 0 fully saturated rings. The Labute approximate surface area is 179 Å². The molecule has 158 valence electrons. The van der Waals surface area contributed by atoms with Gasteiger partial charge < -0.3 is 5.32 Å². The number of aromatic nitrogens is 4. The molecule has 0 aliphatic carbocycles. The minimum Gasteiger partial charge on any atom is -0.347 e. The lowest BCUT2D eigenvalue weighted by atomic mass is 10.1. The molecule has 0 atom stereocenters. The predicted octanol–water partition coefficient (Wildman–Crippen LogP) is 4.40. The third-order valence-corrected chi connectivity index (χ3v) is 5.32. The van der Waals surface area contributed by atoms with Crippen molar-refractivity contribution in [2.45, 2.75) is 19.3 Å². The van der Waals surface area contributed by atoms with E-state index in [1.807, 2.05) is 24.3 Å². The van der Waals surface area contributed by atoms with E-state index in [1.54, 1.807) is 11.0 Å². The summed E-state index contributed by atoms with van der Waals surface area (Å²) in [5.74, 6) is -0.392. The van der Waals surface area contributed by atoms with Crippen LogP contribution < -0.4 is 5.32 Å². The standard InChI is InChI=1S/C21H16F3N5OS/c22-21(23,24)17-6-2-5-16(8-17)20-28-18(11-31-20)19(30)26-9-14-3-1-4-15(7-14)10-29-13-25-12-27-29/h1-8,11-13H,9-10H2,(H,26,30). The number of rotatable bonds is 6. The molecule has 4 rings (SSSR count). The van der Waals surface area contributed by atoms with E-state index in [0.717, 1.165) is 34.6 Å². The zero-order valence-electron chi connectivity index (χ0n) is 16.0. The lowest BCUT2D eigenvalue weighted by Crippen LogP contribution is -2.23. The molecule has 31 heavy (non-hydrogen) atoms. The summed E-state index contributed by atoms with van der Waals surface area (Å²) in [4.78, 5) is 20.6. The number of nitrogens with one attached hydrogen (secondary N) is 1. The maximum atomic E-state index is 12.9. The molecule has 0 saturated heterocycles. The van der Waals surface area contributed by atoms with Crippen LogP contribution in [0.3, 0.4) is 0 Å². The van der Waals surface area contributed by atoms with Crippen LogP contribution in [0.2, 0.25) is 0 Å². The number of nitrogens with zero attached hydrogens (tertiary/aromatic N) is 4. The van der Waals surface area contributed by atoms with Crippen molar-refractivity contribution in [1.82, 2.24) is 25.1 Å². The largest absolute Gasteiger partial charge is 0.416 e. The van der Waals surface area contributed by atoms with Crippen molar-refractivity contribution in [1.29, 1.82) is 0 Å². The van der Waals surface area contributed by atoms with Crippen molar-refractivity contribution in [2.75, 3.05) is 0 Å². The normalized spacial score (nSPS) is 11.5. The summed E-state index contributed by atoms with van der Waals surface area (Å²) in [6, 6.07) is 12.6. The van der Waals surface area contributed by atoms with Crippen LogP contribution in [0.5, 0.6) is 0 Å². The summed E-state index contributed by atoms with van der Waals surface area (Å²) in [6.07, 6.45) is -1.35. The van der Waals surface area contributed by atoms with Crippen LogP contribution in [0.15, 0.2) is 66.6 Å². The van der Waals surface area contributed by atoms with Gasteiger partial charge in [-0.15, -0.1) is 11.3 Å². The summed E-state index contributed by atoms with van der Waals surface area (Å²) in [7, 11) is 0. The van der Waals surface area contributed by atoms with Gasteiger partial charge >= 0.3 is 6.18 Å². The van der Waals surface area contributed by atoms with E-state index < -0.39 is 17.6 Å². The molecule has 10 heteroatoms. The van der Waals surface area contributed by atoms with Gasteiger partial charge in [-0.3, -0.25) is 4.79 Å². The molecule has 0 radical (unpaired) electrons. The second-order valence-corrected chi connectivity index (χ2v) is 7.57. The first-order valence-corrected chi connectivity index (χ1v) is 10.1. The predicted molar refractivity (Wildman–Crippen MR) is 109 cm³/mol. The first-order valence-electron chi connectivity index (χ1n) is 9.20. The van der Waals surface area contributed by atoms with Crippen LogP contribution in [0.25, 0.3) is 10.6 Å². The molecule has 0 saturated carbocycles. The van der Waals surface area contributed by atoms with Crippen molar-refractivity contribution in [3.05, 3.63) is 88.9 Å². The highest BCUT2D eigenvalue weighted by molar-refractivity contribution is 7.13. The Morgan fingerprint density at radius 3 is 2.68 bits per heavy atom. The lowest BCUT2D eigenvalue weighted by Gasteiger charge is -2.07. The lowest BCUT2D eigenvalue weighted by molar-refractivity contribution is -0.137. The summed E-state index contributed by atoms with van der Waals surface area (Å²) in [5.41, 5.74) is 1.64. The Balaban J connectivity index is 1.41. The van der Waals surface area contributed by atoms with Gasteiger partial charge in [0.1, 0.15) is 23.4 Å². The van der Waals surface area contributed by atoms with Crippen LogP contribution >= 0.6 is 11.3 Å². The third kappa shape index (κ3) is 5.15. The smallest absolute Gasteiger partial charge is 0.347 e. The fraction of sp³-hybridized carbons (Fsp3) is 0.143. The van der Waals surface area contributed by atoms with E-state index in [4.69, 9.17) is 0 Å². The van der Waals surface area contributed by atoms with E-state index >= 15 is 0 Å². The third-order valence-electron chi connectivity index (χ3n) is 4.43. The molecule has 2 aromatic carbocycles. The minimum absolute atomic E-state index is 0.163. The Bertz CT molecular complexity index is 1190. The zero-order chi connectivity index (χ0) is 21.8. The van der Waals surface area contributed by atoms with Crippen molar-refractivity contribution in [3.8, 4) is 10.6 Å². The fourth-order valence-corrected chi connectivity index (χ4v) is 3.75. The number of hydrogen-bond acceptors (Lipinski definition) is 5. The number of thiazole rings is 1. The summed E-state index contributed by atoms with van der Waals surface area (Å²) < 4.78 is 40.5. The molecule has 0 bridgehead atoms. The molecule has 0 spiro atoms. The van der Waals surface area contributed by atoms with Crippen LogP contribution in [0.1, 0.15) is 27.2 Å². The van der Waals surface area contributed by atoms with E-state index in [-0.39, 0.29) is 5.69 Å². The summed E-state index contributed by atoms with van der Waals surface area (Å²) in [5, 5.41) is 8.75. The number of amides is 1. The molecule has 1 amide bonds. The minimum atomic E-state index is -4.43. The van der Waals surface area contributed by atoms with E-state index in [0.29, 0.717) is 23.7 Å². The molecule has 2 aromatic heterocycles. The topological polar surface area (TPSA) is 72.7 Å². The highest BCUT2D eigenvalue weighted by Gasteiger charge is 2.30. The quantitative estimate of drug-likeness (QED) is 0.480. The summed E-state index contributed by atoms with van der Waals surface area (Å²) in [6.45, 7) is 0.856. The summed E-state index contributed by atoms with van der Waals surface area (Å²) >= 11 is 1.12. The molecule has 4 aromatic rings. The van der Waals surface area contributed by atoms with Crippen molar-refractivity contribution in [3.63, 3.8) is 0 Å². The monoisotopic (exact) mass is 443 g/mol. The van der Waals surface area contributed by atoms with Crippen molar-refractivity contribution < 1.29 is 18.0 Å². The van der Waals surface area contributed by atoms with Gasteiger partial charge in [0.2, 0.25) is 0 Å². The number of alkyl halides is 3. The number of carbonyl (C=O) groups excluding carboxylic acids is 1. The first-order chi connectivity index (χ1) is 14.9. The molecule has 0 unspecified atom stereocenters. The van der Waals surface area contributed by atoms with Gasteiger partial charge in [0.25, 0.3) is 5.91 Å². The number of hydrogen-bond donors (Lipinski definition) is 1. The fourth-order valence-electron chi connectivity index (χ4n) is 2.95. The molecular weight excluding hydrogens is 427 g/mol. The van der Waals surface area contributed by atoms with Crippen LogP contribution in [-0.4, -0.2) is 25.7 Å². The maximum Gasteiger partial charge on any atom is 0.416 e. The second-order valence-electron chi connectivity index (χ2n) is 6.71. The van der Waals surface area contributed by atoms with Gasteiger partial charge in [0.15, 0.2) is 0 Å². The Hall–Kier alpha value is -3.53. The maximum absolute atomic E-state index is 12.9. The Morgan fingerprint density at radius 2 is 1.90 bits per heavy atom. The molecule has 1 N–H and O–H groups in total. The molecule has 0 aliphatic rings. The Kier molecular flexibility index (Phi) is 5.81. The van der Waals surface area contributed by atoms with Gasteiger partial charge in [0, 0.05) is 17.5 Å². The van der Waals surface area contributed by atoms with Gasteiger partial charge in [-0.05, 0) is 23.3 Å². The van der Waals surface area contributed by atoms with Gasteiger partial charge in [-0.25, -0.2) is 14.6 Å². The van der Waals surface area contributed by atoms with E-state index in [9.17, 15) is 18.0 Å². The van der Waals surface area contributed by atoms with Gasteiger partial charge in [-0.1, -0.05) is 36.4 Å². The number of benzene rings is 2. The van der Waals surface area contributed by atoms with E-state index in [2.05, 4.69) is 20.4 Å². The Morgan fingerprint density at radius 1 is 1.10 bits per heavy atom. The van der Waals surface area contributed by atoms with Gasteiger partial charge in [0.05, 0.1) is 12.1 Å². The van der Waals surface area contributed by atoms with Crippen molar-refractivity contribution >= 4 is 17.2 Å². The second kappa shape index (κ2) is 8.68. The zero-order valence-corrected chi connectivity index (χ0v) is 16.8. The number of carbonyl (C=O) groups is 1. The first kappa shape index (κ1) is 20.7. The molecule has 6 nitrogen and oxygen atoms in total. The van der Waals surface area contributed by atoms with Gasteiger partial charge in [-0.2, -0.15) is 18.3 Å². The highest BCUT2D eigenvalue weighted by atomic mass is 32.1. The molecular formula is C21H16F3N5OS.